The van der Waals surface area contributed by atoms with Crippen molar-refractivity contribution in [3.8, 4) is 5.69 Å². The maximum absolute atomic E-state index is 12.3. The van der Waals surface area contributed by atoms with E-state index in [2.05, 4.69) is 30.8 Å². The first-order chi connectivity index (χ1) is 13.6. The summed E-state index contributed by atoms with van der Waals surface area (Å²) in [5, 5.41) is 15.7. The van der Waals surface area contributed by atoms with Crippen LogP contribution in [0.2, 0.25) is 5.02 Å². The van der Waals surface area contributed by atoms with Crippen molar-refractivity contribution in [2.75, 3.05) is 11.1 Å². The predicted molar refractivity (Wildman–Crippen MR) is 108 cm³/mol. The average molecular weight is 412 g/mol. The number of nitrogens with zero attached hydrogens (tertiary/aromatic N) is 6. The van der Waals surface area contributed by atoms with Crippen LogP contribution in [0, 0.1) is 6.92 Å². The van der Waals surface area contributed by atoms with Crippen LogP contribution in [-0.2, 0) is 4.79 Å². The Labute approximate surface area is 169 Å². The first-order valence-corrected chi connectivity index (χ1v) is 9.65. The van der Waals surface area contributed by atoms with E-state index in [4.69, 9.17) is 11.6 Å². The third kappa shape index (κ3) is 3.95. The monoisotopic (exact) mass is 411 g/mol. The Kier molecular flexibility index (Phi) is 5.18. The van der Waals surface area contributed by atoms with E-state index >= 15 is 0 Å². The first-order valence-electron chi connectivity index (χ1n) is 8.28. The minimum Gasteiger partial charge on any atom is -0.325 e. The number of aryl methyl sites for hydroxylation is 1. The summed E-state index contributed by atoms with van der Waals surface area (Å²) < 4.78 is 1.57. The van der Waals surface area contributed by atoms with E-state index < -0.39 is 0 Å². The second kappa shape index (κ2) is 7.91. The minimum absolute atomic E-state index is 0.151. The number of hydrogen-bond donors (Lipinski definition) is 1. The van der Waals surface area contributed by atoms with Gasteiger partial charge in [-0.15, -0.1) is 5.10 Å². The van der Waals surface area contributed by atoms with Crippen LogP contribution < -0.4 is 5.32 Å². The van der Waals surface area contributed by atoms with Crippen LogP contribution in [0.25, 0.3) is 16.7 Å². The van der Waals surface area contributed by atoms with Crippen LogP contribution in [0.15, 0.2) is 53.9 Å². The van der Waals surface area contributed by atoms with Gasteiger partial charge >= 0.3 is 0 Å². The maximum atomic E-state index is 12.3. The van der Waals surface area contributed by atoms with Crippen LogP contribution in [0.3, 0.4) is 0 Å². The molecule has 0 radical (unpaired) electrons. The Morgan fingerprint density at radius 3 is 2.82 bits per heavy atom. The molecule has 28 heavy (non-hydrogen) atoms. The van der Waals surface area contributed by atoms with Crippen molar-refractivity contribution in [3.63, 3.8) is 0 Å². The summed E-state index contributed by atoms with van der Waals surface area (Å²) in [7, 11) is 0. The molecule has 0 aliphatic rings. The van der Waals surface area contributed by atoms with Crippen LogP contribution in [0.4, 0.5) is 5.69 Å². The zero-order valence-electron chi connectivity index (χ0n) is 14.7. The molecule has 8 nitrogen and oxygen atoms in total. The Hall–Kier alpha value is -3.04. The second-order valence-electron chi connectivity index (χ2n) is 5.90. The largest absolute Gasteiger partial charge is 0.325 e. The highest BCUT2D eigenvalue weighted by molar-refractivity contribution is 7.99. The zero-order chi connectivity index (χ0) is 19.5. The molecule has 2 heterocycles. The summed E-state index contributed by atoms with van der Waals surface area (Å²) in [6.07, 6.45) is 3.24. The minimum atomic E-state index is -0.175. The standard InChI is InChI=1S/C18H14ClN7OS/c1-11-2-3-12(19)8-16(11)26-18(23-24-25-26)28-10-17(27)22-13-4-5-14-15(9-13)21-7-6-20-14/h2-9H,10H2,1H3,(H,22,27). The fraction of sp³-hybridized carbons (Fsp3) is 0.111. The summed E-state index contributed by atoms with van der Waals surface area (Å²) in [6.45, 7) is 1.94. The van der Waals surface area contributed by atoms with E-state index in [1.165, 1.54) is 11.8 Å². The first kappa shape index (κ1) is 18.3. The van der Waals surface area contributed by atoms with Gasteiger partial charge in [0.05, 0.1) is 22.5 Å². The summed E-state index contributed by atoms with van der Waals surface area (Å²) in [5.41, 5.74) is 3.89. The van der Waals surface area contributed by atoms with Gasteiger partial charge in [0.15, 0.2) is 0 Å². The van der Waals surface area contributed by atoms with Gasteiger partial charge in [-0.3, -0.25) is 14.8 Å². The molecule has 1 N–H and O–H groups in total. The number of anilines is 1. The summed E-state index contributed by atoms with van der Waals surface area (Å²) >= 11 is 7.32. The van der Waals surface area contributed by atoms with E-state index in [-0.39, 0.29) is 11.7 Å². The fourth-order valence-corrected chi connectivity index (χ4v) is 3.45. The SMILES string of the molecule is Cc1ccc(Cl)cc1-n1nnnc1SCC(=O)Nc1ccc2nccnc2c1. The number of amides is 1. The lowest BCUT2D eigenvalue weighted by Gasteiger charge is -2.08. The Morgan fingerprint density at radius 1 is 1.14 bits per heavy atom. The zero-order valence-corrected chi connectivity index (χ0v) is 16.3. The Bertz CT molecular complexity index is 1160. The molecule has 4 aromatic rings. The van der Waals surface area contributed by atoms with Crippen molar-refractivity contribution in [2.24, 2.45) is 0 Å². The van der Waals surface area contributed by atoms with Crippen molar-refractivity contribution < 1.29 is 4.79 Å². The number of benzene rings is 2. The van der Waals surface area contributed by atoms with Gasteiger partial charge in [0.1, 0.15) is 0 Å². The number of rotatable bonds is 5. The lowest BCUT2D eigenvalue weighted by Crippen LogP contribution is -2.14. The molecule has 2 aromatic carbocycles. The Balaban J connectivity index is 1.45. The van der Waals surface area contributed by atoms with Crippen LogP contribution in [0.1, 0.15) is 5.56 Å². The Morgan fingerprint density at radius 2 is 1.96 bits per heavy atom. The van der Waals surface area contributed by atoms with E-state index in [0.717, 1.165) is 16.8 Å². The lowest BCUT2D eigenvalue weighted by atomic mass is 10.2. The van der Waals surface area contributed by atoms with Crippen LogP contribution >= 0.6 is 23.4 Å². The quantitative estimate of drug-likeness (QED) is 0.503. The van der Waals surface area contributed by atoms with Crippen molar-refractivity contribution in [1.29, 1.82) is 0 Å². The third-order valence-corrected chi connectivity index (χ3v) is 5.08. The average Bonchev–Trinajstić information content (AvgIpc) is 3.16. The molecule has 0 bridgehead atoms. The van der Waals surface area contributed by atoms with Gasteiger partial charge in [-0.05, 0) is 53.2 Å². The number of aromatic nitrogens is 6. The molecular formula is C18H14ClN7OS. The lowest BCUT2D eigenvalue weighted by molar-refractivity contribution is -0.113. The number of carbonyl (C=O) groups is 1. The van der Waals surface area contributed by atoms with E-state index in [1.807, 2.05) is 19.1 Å². The van der Waals surface area contributed by atoms with Crippen molar-refractivity contribution >= 4 is 46.0 Å². The van der Waals surface area contributed by atoms with Crippen LogP contribution in [0.5, 0.6) is 0 Å². The normalized spacial score (nSPS) is 10.9. The molecule has 0 unspecified atom stereocenters. The van der Waals surface area contributed by atoms with E-state index in [1.54, 1.807) is 41.3 Å². The molecule has 140 valence electrons. The van der Waals surface area contributed by atoms with Gasteiger partial charge in [-0.1, -0.05) is 29.4 Å². The van der Waals surface area contributed by atoms with Crippen molar-refractivity contribution in [2.45, 2.75) is 12.1 Å². The molecule has 1 amide bonds. The summed E-state index contributed by atoms with van der Waals surface area (Å²) in [4.78, 5) is 20.8. The summed E-state index contributed by atoms with van der Waals surface area (Å²) in [5.74, 6) is -0.0241. The molecular weight excluding hydrogens is 398 g/mol. The highest BCUT2D eigenvalue weighted by Gasteiger charge is 2.14. The van der Waals surface area contributed by atoms with Gasteiger partial charge < -0.3 is 5.32 Å². The molecule has 0 saturated heterocycles. The number of halogens is 1. The summed E-state index contributed by atoms with van der Waals surface area (Å²) in [6, 6.07) is 10.9. The molecule has 0 aliphatic heterocycles. The highest BCUT2D eigenvalue weighted by atomic mass is 35.5. The van der Waals surface area contributed by atoms with E-state index in [0.29, 0.717) is 21.4 Å². The molecule has 4 rings (SSSR count). The molecule has 0 atom stereocenters. The number of hydrogen-bond acceptors (Lipinski definition) is 7. The molecule has 0 saturated carbocycles. The third-order valence-electron chi connectivity index (χ3n) is 3.93. The number of nitrogens with one attached hydrogen (secondary N) is 1. The topological polar surface area (TPSA) is 98.5 Å². The van der Waals surface area contributed by atoms with Gasteiger partial charge in [-0.2, -0.15) is 4.68 Å². The van der Waals surface area contributed by atoms with Gasteiger partial charge in [-0.25, -0.2) is 0 Å². The molecule has 10 heteroatoms. The fourth-order valence-electron chi connectivity index (χ4n) is 2.60. The number of thioether (sulfide) groups is 1. The molecule has 0 aliphatic carbocycles. The predicted octanol–water partition coefficient (Wildman–Crippen LogP) is 3.30. The van der Waals surface area contributed by atoms with Crippen LogP contribution in [-0.4, -0.2) is 41.8 Å². The smallest absolute Gasteiger partial charge is 0.234 e. The molecule has 2 aromatic heterocycles. The highest BCUT2D eigenvalue weighted by Crippen LogP contribution is 2.24. The molecule has 0 fully saturated rings. The second-order valence-corrected chi connectivity index (χ2v) is 7.28. The molecule has 0 spiro atoms. The van der Waals surface area contributed by atoms with Gasteiger partial charge in [0.2, 0.25) is 11.1 Å². The van der Waals surface area contributed by atoms with Crippen molar-refractivity contribution in [3.05, 3.63) is 59.4 Å². The van der Waals surface area contributed by atoms with Gasteiger partial charge in [0.25, 0.3) is 0 Å². The van der Waals surface area contributed by atoms with Gasteiger partial charge in [0, 0.05) is 23.1 Å². The van der Waals surface area contributed by atoms with Crippen molar-refractivity contribution in [1.82, 2.24) is 30.2 Å². The number of fused-ring (bicyclic) bond motifs is 1. The number of carbonyl (C=O) groups excluding carboxylic acids is 1. The maximum Gasteiger partial charge on any atom is 0.234 e. The number of tetrazole rings is 1. The van der Waals surface area contributed by atoms with E-state index in [9.17, 15) is 4.79 Å².